The molecule has 5 rings (SSSR count). The van der Waals surface area contributed by atoms with Crippen molar-refractivity contribution >= 4 is 28.6 Å². The standard InChI is InChI=1S/C26H26F5N5O3/c27-18-4-3-15(22(28)29)20-16(18)7-19(35-20)25(39)36-11-13-8-26(30,31)9-17(13)21(36)24(38)34-14(10-32)6-12-2-1-5-33-23(12)37/h3-4,7,12-14,17,21-22,35H,1-2,5-6,8-9,11H2,(H,33,37)(H,34,38)/t12-,13+,14+,17+,21-/m0/s1. The van der Waals surface area contributed by atoms with Crippen molar-refractivity contribution in [1.82, 2.24) is 20.5 Å². The van der Waals surface area contributed by atoms with Crippen LogP contribution in [0.4, 0.5) is 22.0 Å². The lowest BCUT2D eigenvalue weighted by Gasteiger charge is -2.29. The summed E-state index contributed by atoms with van der Waals surface area (Å²) < 4.78 is 69.9. The number of fused-ring (bicyclic) bond motifs is 2. The highest BCUT2D eigenvalue weighted by Crippen LogP contribution is 2.50. The number of hydrogen-bond acceptors (Lipinski definition) is 4. The van der Waals surface area contributed by atoms with E-state index in [-0.39, 0.29) is 35.5 Å². The zero-order valence-electron chi connectivity index (χ0n) is 20.7. The van der Waals surface area contributed by atoms with Crippen LogP contribution >= 0.6 is 0 Å². The molecule has 0 bridgehead atoms. The molecule has 3 fully saturated rings. The summed E-state index contributed by atoms with van der Waals surface area (Å²) in [4.78, 5) is 42.7. The summed E-state index contributed by atoms with van der Waals surface area (Å²) in [5.41, 5.74) is -1.05. The van der Waals surface area contributed by atoms with Gasteiger partial charge in [-0.2, -0.15) is 5.26 Å². The van der Waals surface area contributed by atoms with Gasteiger partial charge in [-0.1, -0.05) is 0 Å². The van der Waals surface area contributed by atoms with Gasteiger partial charge >= 0.3 is 0 Å². The van der Waals surface area contributed by atoms with Crippen LogP contribution in [-0.2, 0) is 9.59 Å². The smallest absolute Gasteiger partial charge is 0.271 e. The van der Waals surface area contributed by atoms with Crippen LogP contribution in [0, 0.1) is 34.9 Å². The van der Waals surface area contributed by atoms with Gasteiger partial charge in [0, 0.05) is 42.8 Å². The molecule has 0 unspecified atom stereocenters. The van der Waals surface area contributed by atoms with Crippen LogP contribution in [0.1, 0.15) is 54.6 Å². The summed E-state index contributed by atoms with van der Waals surface area (Å²) >= 11 is 0. The summed E-state index contributed by atoms with van der Waals surface area (Å²) in [6, 6.07) is 2.30. The highest BCUT2D eigenvalue weighted by molar-refractivity contribution is 6.01. The van der Waals surface area contributed by atoms with Gasteiger partial charge in [0.05, 0.1) is 11.6 Å². The average Bonchev–Trinajstić information content (AvgIpc) is 3.54. The predicted molar refractivity (Wildman–Crippen MR) is 127 cm³/mol. The van der Waals surface area contributed by atoms with Crippen LogP contribution in [0.25, 0.3) is 10.9 Å². The minimum Gasteiger partial charge on any atom is -0.356 e. The highest BCUT2D eigenvalue weighted by Gasteiger charge is 2.58. The SMILES string of the molecule is N#C[C@@H](C[C@@H]1CCCNC1=O)NC(=O)[C@@H]1[C@@H]2CC(F)(F)C[C@@H]2CN1C(=O)c1cc2c(F)ccc(C(F)F)c2[nH]1. The van der Waals surface area contributed by atoms with E-state index in [1.165, 1.54) is 0 Å². The molecule has 1 aromatic heterocycles. The second-order valence-electron chi connectivity index (χ2n) is 10.6. The van der Waals surface area contributed by atoms with Crippen molar-refractivity contribution in [3.8, 4) is 6.07 Å². The number of benzene rings is 1. The van der Waals surface area contributed by atoms with Gasteiger partial charge in [-0.05, 0) is 49.3 Å². The Labute approximate surface area is 219 Å². The number of alkyl halides is 4. The largest absolute Gasteiger partial charge is 0.356 e. The first-order chi connectivity index (χ1) is 18.5. The molecule has 0 spiro atoms. The molecule has 3 heterocycles. The van der Waals surface area contributed by atoms with Gasteiger partial charge in [0.1, 0.15) is 23.6 Å². The van der Waals surface area contributed by atoms with E-state index in [1.807, 2.05) is 6.07 Å². The van der Waals surface area contributed by atoms with E-state index in [9.17, 15) is 41.6 Å². The summed E-state index contributed by atoms with van der Waals surface area (Å²) in [7, 11) is 0. The number of halogens is 5. The number of hydrogen-bond donors (Lipinski definition) is 3. The summed E-state index contributed by atoms with van der Waals surface area (Å²) in [6.45, 7) is 0.324. The second kappa shape index (κ2) is 10.1. The van der Waals surface area contributed by atoms with Crippen molar-refractivity contribution in [3.05, 3.63) is 35.3 Å². The molecule has 3 N–H and O–H groups in total. The fourth-order valence-corrected chi connectivity index (χ4v) is 6.25. The first-order valence-corrected chi connectivity index (χ1v) is 12.7. The minimum absolute atomic E-state index is 0.0245. The molecular formula is C26H26F5N5O3. The lowest BCUT2D eigenvalue weighted by atomic mass is 9.90. The maximum Gasteiger partial charge on any atom is 0.271 e. The normalized spacial score (nSPS) is 26.8. The van der Waals surface area contributed by atoms with E-state index in [4.69, 9.17) is 0 Å². The number of amides is 3. The predicted octanol–water partition coefficient (Wildman–Crippen LogP) is 3.66. The van der Waals surface area contributed by atoms with E-state index < -0.39 is 78.2 Å². The highest BCUT2D eigenvalue weighted by atomic mass is 19.3. The number of carbonyl (C=O) groups excluding carboxylic acids is 3. The molecule has 1 aliphatic carbocycles. The first-order valence-electron chi connectivity index (χ1n) is 12.7. The number of carbonyl (C=O) groups is 3. The van der Waals surface area contributed by atoms with Crippen molar-refractivity contribution in [2.45, 2.75) is 56.5 Å². The Hall–Kier alpha value is -3.69. The van der Waals surface area contributed by atoms with Crippen molar-refractivity contribution in [1.29, 1.82) is 5.26 Å². The molecule has 3 aliphatic rings. The Morgan fingerprint density at radius 2 is 2.03 bits per heavy atom. The van der Waals surface area contributed by atoms with Crippen molar-refractivity contribution in [3.63, 3.8) is 0 Å². The van der Waals surface area contributed by atoms with E-state index in [2.05, 4.69) is 15.6 Å². The van der Waals surface area contributed by atoms with Crippen LogP contribution in [0.5, 0.6) is 0 Å². The van der Waals surface area contributed by atoms with Gasteiger partial charge < -0.3 is 20.5 Å². The second-order valence-corrected chi connectivity index (χ2v) is 10.6. The number of aromatic nitrogens is 1. The van der Waals surface area contributed by atoms with E-state index in [0.717, 1.165) is 23.1 Å². The maximum absolute atomic E-state index is 14.4. The number of H-pyrrole nitrogens is 1. The van der Waals surface area contributed by atoms with Gasteiger partial charge in [0.25, 0.3) is 12.3 Å². The average molecular weight is 552 g/mol. The van der Waals surface area contributed by atoms with Gasteiger partial charge in [-0.3, -0.25) is 14.4 Å². The molecule has 2 aliphatic heterocycles. The zero-order valence-corrected chi connectivity index (χ0v) is 20.7. The fourth-order valence-electron chi connectivity index (χ4n) is 6.25. The summed E-state index contributed by atoms with van der Waals surface area (Å²) in [6.07, 6.45) is -2.86. The molecule has 1 saturated carbocycles. The first kappa shape index (κ1) is 26.9. The Kier molecular flexibility index (Phi) is 6.99. The molecule has 13 heteroatoms. The molecule has 8 nitrogen and oxygen atoms in total. The molecule has 1 aromatic carbocycles. The van der Waals surface area contributed by atoms with Gasteiger partial charge in [-0.15, -0.1) is 0 Å². The van der Waals surface area contributed by atoms with Crippen LogP contribution in [-0.4, -0.2) is 58.7 Å². The molecule has 39 heavy (non-hydrogen) atoms. The fraction of sp³-hybridized carbons (Fsp3) is 0.538. The number of nitriles is 1. The monoisotopic (exact) mass is 551 g/mol. The van der Waals surface area contributed by atoms with E-state index >= 15 is 0 Å². The molecular weight excluding hydrogens is 525 g/mol. The maximum atomic E-state index is 14.4. The number of aromatic amines is 1. The lowest BCUT2D eigenvalue weighted by molar-refractivity contribution is -0.129. The molecule has 5 atom stereocenters. The Morgan fingerprint density at radius 1 is 1.26 bits per heavy atom. The quantitative estimate of drug-likeness (QED) is 0.475. The number of likely N-dealkylation sites (tertiary alicyclic amines) is 1. The summed E-state index contributed by atoms with van der Waals surface area (Å²) in [5, 5.41) is 14.6. The minimum atomic E-state index is -3.03. The van der Waals surface area contributed by atoms with E-state index in [0.29, 0.717) is 19.4 Å². The Bertz CT molecular complexity index is 1360. The van der Waals surface area contributed by atoms with Crippen molar-refractivity contribution in [2.75, 3.05) is 13.1 Å². The van der Waals surface area contributed by atoms with Gasteiger partial charge in [-0.25, -0.2) is 22.0 Å². The van der Waals surface area contributed by atoms with Gasteiger partial charge in [0.2, 0.25) is 17.7 Å². The number of nitrogens with zero attached hydrogens (tertiary/aromatic N) is 2. The van der Waals surface area contributed by atoms with Crippen LogP contribution in [0.15, 0.2) is 18.2 Å². The third-order valence-corrected chi connectivity index (χ3v) is 8.03. The van der Waals surface area contributed by atoms with Crippen LogP contribution < -0.4 is 10.6 Å². The Morgan fingerprint density at radius 3 is 2.72 bits per heavy atom. The number of rotatable bonds is 6. The lowest BCUT2D eigenvalue weighted by Crippen LogP contribution is -2.52. The van der Waals surface area contributed by atoms with Crippen molar-refractivity contribution < 1.29 is 36.3 Å². The molecule has 2 aromatic rings. The van der Waals surface area contributed by atoms with Gasteiger partial charge in [0.15, 0.2) is 0 Å². The topological polar surface area (TPSA) is 118 Å². The third kappa shape index (κ3) is 5.04. The molecule has 2 saturated heterocycles. The molecule has 208 valence electrons. The number of piperidine rings is 1. The number of nitrogens with one attached hydrogen (secondary N) is 3. The zero-order chi connectivity index (χ0) is 28.1. The van der Waals surface area contributed by atoms with Crippen LogP contribution in [0.3, 0.4) is 0 Å². The Balaban J connectivity index is 1.42. The summed E-state index contributed by atoms with van der Waals surface area (Å²) in [5.74, 6) is -7.86. The molecule has 3 amide bonds. The van der Waals surface area contributed by atoms with Crippen LogP contribution in [0.2, 0.25) is 0 Å². The molecule has 0 radical (unpaired) electrons. The third-order valence-electron chi connectivity index (χ3n) is 8.03. The van der Waals surface area contributed by atoms with E-state index in [1.54, 1.807) is 0 Å². The van der Waals surface area contributed by atoms with Crippen molar-refractivity contribution in [2.24, 2.45) is 17.8 Å².